The van der Waals surface area contributed by atoms with Crippen LogP contribution < -0.4 is 20.1 Å². The molecule has 3 N–H and O–H groups in total. The van der Waals surface area contributed by atoms with Crippen LogP contribution in [0.25, 0.3) is 11.0 Å². The molecule has 1 atom stereocenters. The first-order valence-corrected chi connectivity index (χ1v) is 10.6. The van der Waals surface area contributed by atoms with Gasteiger partial charge in [-0.3, -0.25) is 0 Å². The third kappa shape index (κ3) is 5.53. The number of aliphatic hydroxyl groups excluding tert-OH is 1. The van der Waals surface area contributed by atoms with E-state index < -0.39 is 11.4 Å². The lowest BCUT2D eigenvalue weighted by Crippen LogP contribution is -2.39. The summed E-state index contributed by atoms with van der Waals surface area (Å²) >= 11 is 0. The molecule has 3 aromatic rings. The van der Waals surface area contributed by atoms with Crippen LogP contribution >= 0.6 is 0 Å². The SMILES string of the molecule is CCCCC(C)(CO)Nc1nc(NCc2ccc(OC)cc2OC)nc2cc(F)cnc12. The van der Waals surface area contributed by atoms with Gasteiger partial charge in [0.2, 0.25) is 5.95 Å². The Morgan fingerprint density at radius 3 is 2.66 bits per heavy atom. The number of nitrogens with zero attached hydrogens (tertiary/aromatic N) is 3. The van der Waals surface area contributed by atoms with Crippen molar-refractivity contribution in [2.24, 2.45) is 0 Å². The Hall–Kier alpha value is -3.20. The number of nitrogens with one attached hydrogen (secondary N) is 2. The lowest BCUT2D eigenvalue weighted by molar-refractivity contribution is 0.212. The van der Waals surface area contributed by atoms with Crippen molar-refractivity contribution in [2.45, 2.75) is 45.2 Å². The van der Waals surface area contributed by atoms with Crippen molar-refractivity contribution >= 4 is 22.8 Å². The molecule has 0 saturated heterocycles. The van der Waals surface area contributed by atoms with Gasteiger partial charge in [-0.05, 0) is 25.5 Å². The Kier molecular flexibility index (Phi) is 7.63. The maximum atomic E-state index is 13.9. The molecule has 0 aliphatic rings. The average molecular weight is 444 g/mol. The Morgan fingerprint density at radius 1 is 1.16 bits per heavy atom. The van der Waals surface area contributed by atoms with Crippen LogP contribution in [0.1, 0.15) is 38.7 Å². The topological polar surface area (TPSA) is 101 Å². The van der Waals surface area contributed by atoms with E-state index in [0.29, 0.717) is 40.8 Å². The zero-order chi connectivity index (χ0) is 23.1. The Morgan fingerprint density at radius 2 is 1.97 bits per heavy atom. The molecule has 8 nitrogen and oxygen atoms in total. The number of aliphatic hydroxyl groups is 1. The lowest BCUT2D eigenvalue weighted by Gasteiger charge is -2.29. The molecule has 1 unspecified atom stereocenters. The van der Waals surface area contributed by atoms with Crippen LogP contribution in [0.4, 0.5) is 16.2 Å². The zero-order valence-corrected chi connectivity index (χ0v) is 18.9. The van der Waals surface area contributed by atoms with E-state index in [2.05, 4.69) is 32.5 Å². The Labute approximate surface area is 187 Å². The first-order valence-electron chi connectivity index (χ1n) is 10.6. The number of rotatable bonds is 11. The van der Waals surface area contributed by atoms with Crippen molar-refractivity contribution in [1.82, 2.24) is 15.0 Å². The van der Waals surface area contributed by atoms with E-state index in [1.807, 2.05) is 19.1 Å². The summed E-state index contributed by atoms with van der Waals surface area (Å²) in [6, 6.07) is 6.84. The highest BCUT2D eigenvalue weighted by molar-refractivity contribution is 5.86. The number of pyridine rings is 1. The third-order valence-electron chi connectivity index (χ3n) is 5.29. The first kappa shape index (κ1) is 23.5. The molecule has 0 amide bonds. The normalized spacial score (nSPS) is 12.9. The van der Waals surface area contributed by atoms with Gasteiger partial charge >= 0.3 is 0 Å². The highest BCUT2D eigenvalue weighted by Gasteiger charge is 2.25. The van der Waals surface area contributed by atoms with E-state index in [0.717, 1.165) is 31.0 Å². The molecule has 2 aromatic heterocycles. The van der Waals surface area contributed by atoms with Gasteiger partial charge in [-0.25, -0.2) is 14.4 Å². The third-order valence-corrected chi connectivity index (χ3v) is 5.29. The fraction of sp³-hybridized carbons (Fsp3) is 0.435. The number of methoxy groups -OCH3 is 2. The number of hydrogen-bond acceptors (Lipinski definition) is 8. The summed E-state index contributed by atoms with van der Waals surface area (Å²) in [7, 11) is 3.19. The Bertz CT molecular complexity index is 1070. The van der Waals surface area contributed by atoms with Crippen molar-refractivity contribution < 1.29 is 19.0 Å². The fourth-order valence-electron chi connectivity index (χ4n) is 3.37. The van der Waals surface area contributed by atoms with Gasteiger partial charge in [0.1, 0.15) is 22.8 Å². The van der Waals surface area contributed by atoms with E-state index in [1.54, 1.807) is 20.3 Å². The first-order chi connectivity index (χ1) is 15.4. The van der Waals surface area contributed by atoms with Gasteiger partial charge in [-0.1, -0.05) is 19.8 Å². The molecule has 0 aliphatic carbocycles. The molecule has 0 radical (unpaired) electrons. The average Bonchev–Trinajstić information content (AvgIpc) is 2.81. The summed E-state index contributed by atoms with van der Waals surface area (Å²) in [6.45, 7) is 4.33. The van der Waals surface area contributed by atoms with Crippen molar-refractivity contribution in [3.8, 4) is 11.5 Å². The molecular formula is C23H30FN5O3. The van der Waals surface area contributed by atoms with Crippen molar-refractivity contribution in [1.29, 1.82) is 0 Å². The number of fused-ring (bicyclic) bond motifs is 1. The molecule has 0 saturated carbocycles. The summed E-state index contributed by atoms with van der Waals surface area (Å²) in [6.07, 6.45) is 3.83. The molecule has 172 valence electrons. The van der Waals surface area contributed by atoms with Crippen LogP contribution in [0.5, 0.6) is 11.5 Å². The molecule has 0 aliphatic heterocycles. The molecule has 0 bridgehead atoms. The number of anilines is 2. The predicted molar refractivity (Wildman–Crippen MR) is 123 cm³/mol. The molecule has 2 heterocycles. The summed E-state index contributed by atoms with van der Waals surface area (Å²) in [5.74, 6) is 1.61. The van der Waals surface area contributed by atoms with E-state index in [-0.39, 0.29) is 6.61 Å². The summed E-state index contributed by atoms with van der Waals surface area (Å²) in [4.78, 5) is 13.2. The highest BCUT2D eigenvalue weighted by atomic mass is 19.1. The largest absolute Gasteiger partial charge is 0.497 e. The highest BCUT2D eigenvalue weighted by Crippen LogP contribution is 2.28. The van der Waals surface area contributed by atoms with Gasteiger partial charge in [0.15, 0.2) is 5.82 Å². The van der Waals surface area contributed by atoms with E-state index >= 15 is 0 Å². The Balaban J connectivity index is 1.92. The van der Waals surface area contributed by atoms with Gasteiger partial charge < -0.3 is 25.2 Å². The minimum atomic E-state index is -0.593. The monoisotopic (exact) mass is 443 g/mol. The van der Waals surface area contributed by atoms with Crippen molar-refractivity contribution in [3.63, 3.8) is 0 Å². The van der Waals surface area contributed by atoms with Gasteiger partial charge in [-0.2, -0.15) is 4.98 Å². The maximum Gasteiger partial charge on any atom is 0.225 e. The number of halogens is 1. The van der Waals surface area contributed by atoms with Crippen LogP contribution in [-0.2, 0) is 6.54 Å². The second kappa shape index (κ2) is 10.4. The van der Waals surface area contributed by atoms with Crippen LogP contribution in [0.2, 0.25) is 0 Å². The maximum absolute atomic E-state index is 13.9. The second-order valence-corrected chi connectivity index (χ2v) is 7.90. The molecule has 3 rings (SSSR count). The predicted octanol–water partition coefficient (Wildman–Crippen LogP) is 4.15. The standard InChI is InChI=1S/C23H30FN5O3/c1-5-6-9-23(2,14-30)29-21-20-18(10-16(24)13-25-20)27-22(28-21)26-12-15-7-8-17(31-3)11-19(15)32-4/h7-8,10-11,13,30H,5-6,9,12,14H2,1-4H3,(H2,26,27,28,29). The minimum absolute atomic E-state index is 0.0779. The smallest absolute Gasteiger partial charge is 0.225 e. The molecule has 9 heteroatoms. The number of unbranched alkanes of at least 4 members (excludes halogenated alkanes) is 1. The van der Waals surface area contributed by atoms with Crippen LogP contribution in [-0.4, -0.2) is 46.4 Å². The van der Waals surface area contributed by atoms with Crippen LogP contribution in [0.3, 0.4) is 0 Å². The molecule has 0 spiro atoms. The van der Waals surface area contributed by atoms with Gasteiger partial charge in [0.25, 0.3) is 0 Å². The molecule has 1 aromatic carbocycles. The molecular weight excluding hydrogens is 413 g/mol. The summed E-state index contributed by atoms with van der Waals surface area (Å²) < 4.78 is 24.5. The quantitative estimate of drug-likeness (QED) is 0.406. The number of aromatic nitrogens is 3. The summed E-state index contributed by atoms with van der Waals surface area (Å²) in [5.41, 5.74) is 1.09. The van der Waals surface area contributed by atoms with E-state index in [9.17, 15) is 9.50 Å². The summed E-state index contributed by atoms with van der Waals surface area (Å²) in [5, 5.41) is 16.5. The van der Waals surface area contributed by atoms with Gasteiger partial charge in [0.05, 0.1) is 38.1 Å². The lowest BCUT2D eigenvalue weighted by atomic mass is 9.96. The van der Waals surface area contributed by atoms with Crippen molar-refractivity contribution in [3.05, 3.63) is 41.8 Å². The van der Waals surface area contributed by atoms with Gasteiger partial charge in [0, 0.05) is 24.2 Å². The number of benzene rings is 1. The molecule has 0 fully saturated rings. The van der Waals surface area contributed by atoms with Crippen LogP contribution in [0.15, 0.2) is 30.5 Å². The van der Waals surface area contributed by atoms with Gasteiger partial charge in [-0.15, -0.1) is 0 Å². The fourth-order valence-corrected chi connectivity index (χ4v) is 3.37. The number of ether oxygens (including phenoxy) is 2. The van der Waals surface area contributed by atoms with Crippen LogP contribution in [0, 0.1) is 5.82 Å². The van der Waals surface area contributed by atoms with Crippen molar-refractivity contribution in [2.75, 3.05) is 31.5 Å². The minimum Gasteiger partial charge on any atom is -0.497 e. The molecule has 32 heavy (non-hydrogen) atoms. The van der Waals surface area contributed by atoms with E-state index in [1.165, 1.54) is 6.07 Å². The zero-order valence-electron chi connectivity index (χ0n) is 18.9. The number of hydrogen-bond donors (Lipinski definition) is 3. The van der Waals surface area contributed by atoms with E-state index in [4.69, 9.17) is 9.47 Å². The second-order valence-electron chi connectivity index (χ2n) is 7.90.